The Labute approximate surface area is 153 Å². The highest BCUT2D eigenvalue weighted by Crippen LogP contribution is 2.27. The Morgan fingerprint density at radius 3 is 2.58 bits per heavy atom. The number of imide groups is 1. The lowest BCUT2D eigenvalue weighted by Gasteiger charge is -2.22. The van der Waals surface area contributed by atoms with Crippen molar-refractivity contribution in [3.63, 3.8) is 0 Å². The monoisotopic (exact) mass is 353 g/mol. The minimum Gasteiger partial charge on any atom is -0.497 e. The number of amides is 2. The van der Waals surface area contributed by atoms with Crippen LogP contribution in [0.15, 0.2) is 48.5 Å². The molecule has 0 aromatic heterocycles. The van der Waals surface area contributed by atoms with E-state index in [-0.39, 0.29) is 30.9 Å². The molecule has 3 rings (SSSR count). The van der Waals surface area contributed by atoms with Gasteiger partial charge in [0.25, 0.3) is 0 Å². The van der Waals surface area contributed by atoms with E-state index in [1.165, 1.54) is 4.90 Å². The second kappa shape index (κ2) is 7.60. The molecule has 2 amide bonds. The molecule has 1 aliphatic heterocycles. The minimum absolute atomic E-state index is 0.120. The van der Waals surface area contributed by atoms with E-state index in [1.807, 2.05) is 62.4 Å². The molecule has 0 aliphatic carbocycles. The highest BCUT2D eigenvalue weighted by Gasteiger charge is 2.39. The number of methoxy groups -OCH3 is 1. The van der Waals surface area contributed by atoms with Crippen LogP contribution >= 0.6 is 0 Å². The Bertz CT molecular complexity index is 801. The highest BCUT2D eigenvalue weighted by molar-refractivity contribution is 5.94. The second-order valence-electron chi connectivity index (χ2n) is 6.76. The molecular formula is C21H23NO4. The Morgan fingerprint density at radius 2 is 1.92 bits per heavy atom. The fraction of sp³-hybridized carbons (Fsp3) is 0.333. The Hall–Kier alpha value is -2.82. The molecule has 0 spiro atoms. The molecule has 26 heavy (non-hydrogen) atoms. The summed E-state index contributed by atoms with van der Waals surface area (Å²) in [5.74, 6) is 0.576. The summed E-state index contributed by atoms with van der Waals surface area (Å²) in [6.45, 7) is 4.22. The van der Waals surface area contributed by atoms with Gasteiger partial charge in [-0.1, -0.05) is 50.2 Å². The average molecular weight is 353 g/mol. The maximum absolute atomic E-state index is 12.8. The molecule has 1 fully saturated rings. The smallest absolute Gasteiger partial charge is 0.416 e. The molecule has 1 saturated heterocycles. The zero-order valence-corrected chi connectivity index (χ0v) is 15.3. The standard InChI is InChI=1S/C21H23NO4/c1-14(2)19-13-26-21(24)22(19)20(23)11-15-9-17(12-18(10-15)25-3)16-7-5-4-6-8-16/h4-10,12,14,19H,11,13H2,1-3H3/t19-/m0/s1. The first kappa shape index (κ1) is 18.0. The first-order valence-corrected chi connectivity index (χ1v) is 8.71. The second-order valence-corrected chi connectivity index (χ2v) is 6.76. The topological polar surface area (TPSA) is 55.8 Å². The van der Waals surface area contributed by atoms with Crippen LogP contribution in [-0.2, 0) is 16.0 Å². The van der Waals surface area contributed by atoms with Crippen molar-refractivity contribution in [2.75, 3.05) is 13.7 Å². The number of benzene rings is 2. The van der Waals surface area contributed by atoms with E-state index >= 15 is 0 Å². The highest BCUT2D eigenvalue weighted by atomic mass is 16.6. The van der Waals surface area contributed by atoms with Crippen molar-refractivity contribution >= 4 is 12.0 Å². The van der Waals surface area contributed by atoms with Crippen LogP contribution < -0.4 is 4.74 Å². The van der Waals surface area contributed by atoms with Crippen molar-refractivity contribution < 1.29 is 19.1 Å². The lowest BCUT2D eigenvalue weighted by atomic mass is 10.00. The summed E-state index contributed by atoms with van der Waals surface area (Å²) in [6, 6.07) is 15.4. The van der Waals surface area contributed by atoms with E-state index in [1.54, 1.807) is 7.11 Å². The zero-order chi connectivity index (χ0) is 18.7. The number of hydrogen-bond acceptors (Lipinski definition) is 4. The quantitative estimate of drug-likeness (QED) is 0.818. The molecule has 5 heteroatoms. The number of ether oxygens (including phenoxy) is 2. The largest absolute Gasteiger partial charge is 0.497 e. The normalized spacial score (nSPS) is 16.7. The van der Waals surface area contributed by atoms with Crippen LogP contribution in [0.2, 0.25) is 0 Å². The Balaban J connectivity index is 1.87. The van der Waals surface area contributed by atoms with Gasteiger partial charge in [0.2, 0.25) is 5.91 Å². The molecule has 0 unspecified atom stereocenters. The lowest BCUT2D eigenvalue weighted by Crippen LogP contribution is -2.42. The minimum atomic E-state index is -0.556. The van der Waals surface area contributed by atoms with Crippen molar-refractivity contribution in [2.45, 2.75) is 26.3 Å². The SMILES string of the molecule is COc1cc(CC(=O)N2C(=O)OC[C@H]2C(C)C)cc(-c2ccccc2)c1. The summed E-state index contributed by atoms with van der Waals surface area (Å²) in [5, 5.41) is 0. The average Bonchev–Trinajstić information content (AvgIpc) is 3.04. The van der Waals surface area contributed by atoms with Crippen molar-refractivity contribution in [2.24, 2.45) is 5.92 Å². The van der Waals surface area contributed by atoms with Crippen LogP contribution in [0.25, 0.3) is 11.1 Å². The third-order valence-electron chi connectivity index (χ3n) is 4.61. The van der Waals surface area contributed by atoms with Crippen molar-refractivity contribution in [1.82, 2.24) is 4.90 Å². The fourth-order valence-corrected chi connectivity index (χ4v) is 3.15. The van der Waals surface area contributed by atoms with Gasteiger partial charge in [0, 0.05) is 0 Å². The summed E-state index contributed by atoms with van der Waals surface area (Å²) in [5.41, 5.74) is 2.81. The third kappa shape index (κ3) is 3.72. The van der Waals surface area contributed by atoms with E-state index < -0.39 is 6.09 Å². The van der Waals surface area contributed by atoms with E-state index in [9.17, 15) is 9.59 Å². The maximum atomic E-state index is 12.8. The molecular weight excluding hydrogens is 330 g/mol. The van der Waals surface area contributed by atoms with Crippen LogP contribution in [0, 0.1) is 5.92 Å². The molecule has 1 heterocycles. The summed E-state index contributed by atoms with van der Waals surface area (Å²) in [6.07, 6.45) is -0.435. The number of carbonyl (C=O) groups is 2. The molecule has 0 N–H and O–H groups in total. The van der Waals surface area contributed by atoms with E-state index in [0.717, 1.165) is 16.7 Å². The molecule has 2 aromatic rings. The van der Waals surface area contributed by atoms with Crippen LogP contribution in [0.1, 0.15) is 19.4 Å². The van der Waals surface area contributed by atoms with Gasteiger partial charge in [0.15, 0.2) is 0 Å². The number of hydrogen-bond donors (Lipinski definition) is 0. The van der Waals surface area contributed by atoms with Crippen LogP contribution in [-0.4, -0.2) is 36.7 Å². The summed E-state index contributed by atoms with van der Waals surface area (Å²) >= 11 is 0. The summed E-state index contributed by atoms with van der Waals surface area (Å²) in [7, 11) is 1.60. The van der Waals surface area contributed by atoms with Crippen LogP contribution in [0.5, 0.6) is 5.75 Å². The lowest BCUT2D eigenvalue weighted by molar-refractivity contribution is -0.129. The number of cyclic esters (lactones) is 1. The molecule has 0 saturated carbocycles. The zero-order valence-electron chi connectivity index (χ0n) is 15.3. The molecule has 0 bridgehead atoms. The van der Waals surface area contributed by atoms with Crippen LogP contribution in [0.3, 0.4) is 0 Å². The predicted octanol–water partition coefficient (Wildman–Crippen LogP) is 3.91. The first-order chi connectivity index (χ1) is 12.5. The van der Waals surface area contributed by atoms with Gasteiger partial charge in [-0.3, -0.25) is 4.79 Å². The van der Waals surface area contributed by atoms with Crippen molar-refractivity contribution in [3.05, 3.63) is 54.1 Å². The van der Waals surface area contributed by atoms with E-state index in [4.69, 9.17) is 9.47 Å². The van der Waals surface area contributed by atoms with Gasteiger partial charge in [-0.2, -0.15) is 0 Å². The van der Waals surface area contributed by atoms with E-state index in [0.29, 0.717) is 5.75 Å². The van der Waals surface area contributed by atoms with Gasteiger partial charge in [-0.15, -0.1) is 0 Å². The van der Waals surface area contributed by atoms with Gasteiger partial charge in [0.1, 0.15) is 12.4 Å². The first-order valence-electron chi connectivity index (χ1n) is 8.71. The summed E-state index contributed by atoms with van der Waals surface area (Å²) < 4.78 is 10.5. The van der Waals surface area contributed by atoms with Gasteiger partial charge in [-0.25, -0.2) is 9.69 Å². The number of carbonyl (C=O) groups excluding carboxylic acids is 2. The predicted molar refractivity (Wildman–Crippen MR) is 99.0 cm³/mol. The number of nitrogens with zero attached hydrogens (tertiary/aromatic N) is 1. The Morgan fingerprint density at radius 1 is 1.19 bits per heavy atom. The fourth-order valence-electron chi connectivity index (χ4n) is 3.15. The van der Waals surface area contributed by atoms with Crippen molar-refractivity contribution in [1.29, 1.82) is 0 Å². The van der Waals surface area contributed by atoms with E-state index in [2.05, 4.69) is 0 Å². The molecule has 1 aliphatic rings. The molecule has 5 nitrogen and oxygen atoms in total. The third-order valence-corrected chi connectivity index (χ3v) is 4.61. The summed E-state index contributed by atoms with van der Waals surface area (Å²) in [4.78, 5) is 26.0. The molecule has 136 valence electrons. The van der Waals surface area contributed by atoms with Gasteiger partial charge in [0.05, 0.1) is 19.6 Å². The molecule has 0 radical (unpaired) electrons. The molecule has 1 atom stereocenters. The van der Waals surface area contributed by atoms with Gasteiger partial charge < -0.3 is 9.47 Å². The van der Waals surface area contributed by atoms with Crippen molar-refractivity contribution in [3.8, 4) is 16.9 Å². The number of rotatable bonds is 5. The Kier molecular flexibility index (Phi) is 5.26. The van der Waals surface area contributed by atoms with Gasteiger partial charge >= 0.3 is 6.09 Å². The molecule has 2 aromatic carbocycles. The maximum Gasteiger partial charge on any atom is 0.416 e. The van der Waals surface area contributed by atoms with Gasteiger partial charge in [-0.05, 0) is 34.7 Å². The van der Waals surface area contributed by atoms with Crippen LogP contribution in [0.4, 0.5) is 4.79 Å².